The molecule has 4 rings (SSSR count). The Morgan fingerprint density at radius 1 is 1.07 bits per heavy atom. The number of hydrogen-bond acceptors (Lipinski definition) is 2. The van der Waals surface area contributed by atoms with Gasteiger partial charge in [-0.05, 0) is 82.3 Å². The first kappa shape index (κ1) is 22.9. The number of primary amides is 1. The summed E-state index contributed by atoms with van der Waals surface area (Å²) in [6.45, 7) is 7.51. The molecule has 2 aliphatic rings. The van der Waals surface area contributed by atoms with Crippen molar-refractivity contribution >= 4 is 17.5 Å². The molecule has 30 heavy (non-hydrogen) atoms. The van der Waals surface area contributed by atoms with Crippen LogP contribution in [0.2, 0.25) is 5.02 Å². The Kier molecular flexibility index (Phi) is 8.41. The van der Waals surface area contributed by atoms with Gasteiger partial charge < -0.3 is 15.6 Å². The predicted molar refractivity (Wildman–Crippen MR) is 126 cm³/mol. The lowest BCUT2D eigenvalue weighted by Crippen LogP contribution is -2.21. The zero-order chi connectivity index (χ0) is 21.5. The first-order valence-electron chi connectivity index (χ1n) is 11.4. The number of benzene rings is 1. The molecule has 0 atom stereocenters. The Morgan fingerprint density at radius 2 is 1.73 bits per heavy atom. The van der Waals surface area contributed by atoms with E-state index < -0.39 is 0 Å². The van der Waals surface area contributed by atoms with Crippen LogP contribution in [0.3, 0.4) is 0 Å². The molecule has 1 aromatic heterocycles. The SMILES string of the molecule is C1CCNCC1.Cc1ccc(Cl)cc1-c1cc(C(N)=O)c(C)n1CC1CCCCC1. The molecule has 2 heterocycles. The third-order valence-corrected chi connectivity index (χ3v) is 6.72. The monoisotopic (exact) mass is 429 g/mol. The minimum atomic E-state index is -0.365. The summed E-state index contributed by atoms with van der Waals surface area (Å²) in [6, 6.07) is 7.83. The molecular formula is C25H36ClN3O. The van der Waals surface area contributed by atoms with Crippen LogP contribution in [0, 0.1) is 19.8 Å². The fraction of sp³-hybridized carbons (Fsp3) is 0.560. The lowest BCUT2D eigenvalue weighted by atomic mass is 9.89. The molecule has 1 saturated carbocycles. The molecule has 4 nitrogen and oxygen atoms in total. The van der Waals surface area contributed by atoms with Gasteiger partial charge in [0.25, 0.3) is 5.91 Å². The number of rotatable bonds is 4. The largest absolute Gasteiger partial charge is 0.366 e. The van der Waals surface area contributed by atoms with E-state index in [0.29, 0.717) is 16.5 Å². The molecule has 5 heteroatoms. The number of nitrogens with two attached hydrogens (primary N) is 1. The van der Waals surface area contributed by atoms with Gasteiger partial charge in [-0.25, -0.2) is 0 Å². The maximum atomic E-state index is 11.8. The van der Waals surface area contributed by atoms with E-state index in [1.54, 1.807) is 0 Å². The summed E-state index contributed by atoms with van der Waals surface area (Å²) in [5, 5.41) is 3.99. The van der Waals surface area contributed by atoms with Gasteiger partial charge in [-0.15, -0.1) is 0 Å². The Bertz CT molecular complexity index is 837. The van der Waals surface area contributed by atoms with Crippen LogP contribution in [0.15, 0.2) is 24.3 Å². The van der Waals surface area contributed by atoms with Gasteiger partial charge >= 0.3 is 0 Å². The van der Waals surface area contributed by atoms with Gasteiger partial charge in [0.2, 0.25) is 0 Å². The van der Waals surface area contributed by atoms with E-state index in [9.17, 15) is 4.79 Å². The van der Waals surface area contributed by atoms with Crippen LogP contribution in [-0.4, -0.2) is 23.6 Å². The lowest BCUT2D eigenvalue weighted by molar-refractivity contribution is 0.0999. The molecule has 3 N–H and O–H groups in total. The highest BCUT2D eigenvalue weighted by Crippen LogP contribution is 2.33. The van der Waals surface area contributed by atoms with Crippen molar-refractivity contribution in [1.82, 2.24) is 9.88 Å². The van der Waals surface area contributed by atoms with Gasteiger partial charge in [0.15, 0.2) is 0 Å². The number of nitrogens with one attached hydrogen (secondary N) is 1. The Morgan fingerprint density at radius 3 is 2.30 bits per heavy atom. The van der Waals surface area contributed by atoms with Gasteiger partial charge in [-0.2, -0.15) is 0 Å². The summed E-state index contributed by atoms with van der Waals surface area (Å²) in [5.41, 5.74) is 10.4. The number of amides is 1. The number of carbonyl (C=O) groups is 1. The van der Waals surface area contributed by atoms with Crippen LogP contribution >= 0.6 is 11.6 Å². The van der Waals surface area contributed by atoms with Crippen LogP contribution < -0.4 is 11.1 Å². The van der Waals surface area contributed by atoms with Crippen molar-refractivity contribution in [3.05, 3.63) is 46.1 Å². The van der Waals surface area contributed by atoms with Crippen molar-refractivity contribution in [2.75, 3.05) is 13.1 Å². The second-order valence-corrected chi connectivity index (χ2v) is 9.21. The van der Waals surface area contributed by atoms with Crippen molar-refractivity contribution in [3.8, 4) is 11.3 Å². The van der Waals surface area contributed by atoms with Crippen LogP contribution in [0.4, 0.5) is 0 Å². The van der Waals surface area contributed by atoms with Crippen molar-refractivity contribution in [3.63, 3.8) is 0 Å². The summed E-state index contributed by atoms with van der Waals surface area (Å²) >= 11 is 6.22. The highest BCUT2D eigenvalue weighted by atomic mass is 35.5. The number of halogens is 1. The van der Waals surface area contributed by atoms with Crippen LogP contribution in [0.25, 0.3) is 11.3 Å². The molecular weight excluding hydrogens is 394 g/mol. The second-order valence-electron chi connectivity index (χ2n) is 8.78. The van der Waals surface area contributed by atoms with Gasteiger partial charge in [0.1, 0.15) is 0 Å². The number of aryl methyl sites for hydroxylation is 1. The average molecular weight is 430 g/mol. The molecule has 0 spiro atoms. The van der Waals surface area contributed by atoms with Crippen molar-refractivity contribution in [1.29, 1.82) is 0 Å². The lowest BCUT2D eigenvalue weighted by Gasteiger charge is -2.24. The van der Waals surface area contributed by atoms with Crippen molar-refractivity contribution < 1.29 is 4.79 Å². The molecule has 1 saturated heterocycles. The summed E-state index contributed by atoms with van der Waals surface area (Å²) < 4.78 is 2.27. The molecule has 1 amide bonds. The van der Waals surface area contributed by atoms with Crippen LogP contribution in [0.1, 0.15) is 73.0 Å². The molecule has 2 aromatic rings. The van der Waals surface area contributed by atoms with Gasteiger partial charge in [-0.1, -0.05) is 43.4 Å². The van der Waals surface area contributed by atoms with Gasteiger partial charge in [0.05, 0.1) is 5.56 Å². The molecule has 2 fully saturated rings. The topological polar surface area (TPSA) is 60.0 Å². The molecule has 0 unspecified atom stereocenters. The number of hydrogen-bond donors (Lipinski definition) is 2. The van der Waals surface area contributed by atoms with Gasteiger partial charge in [0, 0.05) is 28.5 Å². The maximum Gasteiger partial charge on any atom is 0.250 e. The zero-order valence-electron chi connectivity index (χ0n) is 18.5. The van der Waals surface area contributed by atoms with Crippen LogP contribution in [0.5, 0.6) is 0 Å². The number of aromatic nitrogens is 1. The summed E-state index contributed by atoms with van der Waals surface area (Å²) in [4.78, 5) is 11.8. The molecule has 1 aliphatic carbocycles. The Hall–Kier alpha value is -1.78. The smallest absolute Gasteiger partial charge is 0.250 e. The first-order chi connectivity index (χ1) is 14.5. The van der Waals surface area contributed by atoms with E-state index in [-0.39, 0.29) is 5.91 Å². The quantitative estimate of drug-likeness (QED) is 0.638. The minimum absolute atomic E-state index is 0.365. The van der Waals surface area contributed by atoms with Crippen LogP contribution in [-0.2, 0) is 6.54 Å². The average Bonchev–Trinajstić information content (AvgIpc) is 3.08. The maximum absolute atomic E-state index is 11.8. The summed E-state index contributed by atoms with van der Waals surface area (Å²) in [7, 11) is 0. The normalized spacial score (nSPS) is 17.3. The summed E-state index contributed by atoms with van der Waals surface area (Å²) in [5.74, 6) is 0.305. The van der Waals surface area contributed by atoms with E-state index in [0.717, 1.165) is 29.1 Å². The third-order valence-electron chi connectivity index (χ3n) is 6.48. The molecule has 1 aliphatic heterocycles. The van der Waals surface area contributed by atoms with Crippen molar-refractivity contribution in [2.45, 2.75) is 71.8 Å². The van der Waals surface area contributed by atoms with E-state index in [4.69, 9.17) is 17.3 Å². The van der Waals surface area contributed by atoms with E-state index in [2.05, 4.69) is 16.8 Å². The number of nitrogens with zero attached hydrogens (tertiary/aromatic N) is 1. The molecule has 0 radical (unpaired) electrons. The van der Waals surface area contributed by atoms with E-state index in [1.807, 2.05) is 31.2 Å². The van der Waals surface area contributed by atoms with E-state index in [1.165, 1.54) is 64.5 Å². The fourth-order valence-electron chi connectivity index (χ4n) is 4.65. The number of piperidine rings is 1. The highest BCUT2D eigenvalue weighted by molar-refractivity contribution is 6.30. The fourth-order valence-corrected chi connectivity index (χ4v) is 4.82. The third kappa shape index (κ3) is 5.89. The van der Waals surface area contributed by atoms with Crippen molar-refractivity contribution in [2.24, 2.45) is 11.7 Å². The Labute approximate surface area is 186 Å². The summed E-state index contributed by atoms with van der Waals surface area (Å²) in [6.07, 6.45) is 10.7. The highest BCUT2D eigenvalue weighted by Gasteiger charge is 2.21. The zero-order valence-corrected chi connectivity index (χ0v) is 19.2. The standard InChI is InChI=1S/C20H25ClN2O.C5H11N/c1-13-8-9-16(21)10-17(13)19-11-18(20(22)24)14(2)23(19)12-15-6-4-3-5-7-15;1-2-4-6-5-3-1/h8-11,15H,3-7,12H2,1-2H3,(H2,22,24);6H,1-5H2. The minimum Gasteiger partial charge on any atom is -0.366 e. The first-order valence-corrected chi connectivity index (χ1v) is 11.8. The second kappa shape index (κ2) is 11.0. The van der Waals surface area contributed by atoms with E-state index >= 15 is 0 Å². The number of carbonyl (C=O) groups excluding carboxylic acids is 1. The Balaban J connectivity index is 0.000000367. The molecule has 0 bridgehead atoms. The predicted octanol–water partition coefficient (Wildman–Crippen LogP) is 5.86. The molecule has 1 aromatic carbocycles. The van der Waals surface area contributed by atoms with Gasteiger partial charge in [-0.3, -0.25) is 4.79 Å². The molecule has 164 valence electrons.